The number of rotatable bonds is 4. The van der Waals surface area contributed by atoms with E-state index in [-0.39, 0.29) is 18.5 Å². The second-order valence-electron chi connectivity index (χ2n) is 8.56. The molecule has 6 nitrogen and oxygen atoms in total. The van der Waals surface area contributed by atoms with Crippen molar-refractivity contribution in [3.8, 4) is 0 Å². The van der Waals surface area contributed by atoms with Gasteiger partial charge >= 0.3 is 5.97 Å². The Morgan fingerprint density at radius 1 is 1.03 bits per heavy atom. The van der Waals surface area contributed by atoms with E-state index in [1.807, 2.05) is 53.4 Å². The van der Waals surface area contributed by atoms with Crippen LogP contribution in [-0.4, -0.2) is 29.3 Å². The summed E-state index contributed by atoms with van der Waals surface area (Å²) in [5, 5.41) is 7.00. The fourth-order valence-corrected chi connectivity index (χ4v) is 5.19. The lowest BCUT2D eigenvalue weighted by Gasteiger charge is -2.38. The Hall–Kier alpha value is -3.90. The molecule has 0 unspecified atom stereocenters. The lowest BCUT2D eigenvalue weighted by atomic mass is 9.82. The molecule has 174 valence electrons. The topological polar surface area (TPSA) is 57.5 Å². The Kier molecular flexibility index (Phi) is 5.38. The van der Waals surface area contributed by atoms with Gasteiger partial charge in [0.25, 0.3) is 0 Å². The van der Waals surface area contributed by atoms with Gasteiger partial charge in [-0.25, -0.2) is 9.79 Å². The maximum atomic E-state index is 13.2. The van der Waals surface area contributed by atoms with Crippen molar-refractivity contribution in [2.75, 3.05) is 11.6 Å². The maximum absolute atomic E-state index is 13.2. The van der Waals surface area contributed by atoms with Crippen LogP contribution in [0, 0.1) is 0 Å². The van der Waals surface area contributed by atoms with E-state index in [4.69, 9.17) is 26.4 Å². The summed E-state index contributed by atoms with van der Waals surface area (Å²) in [6.45, 7) is 2.05. The summed E-state index contributed by atoms with van der Waals surface area (Å²) >= 11 is 6.32. The second-order valence-corrected chi connectivity index (χ2v) is 9.00. The summed E-state index contributed by atoms with van der Waals surface area (Å²) in [5.74, 6) is 0.287. The normalized spacial score (nSPS) is 18.4. The molecule has 7 heteroatoms. The molecule has 2 aliphatic heterocycles. The van der Waals surface area contributed by atoms with Gasteiger partial charge in [-0.1, -0.05) is 72.3 Å². The molecule has 1 aliphatic carbocycles. The highest BCUT2D eigenvalue weighted by molar-refractivity contribution is 6.42. The first-order valence-corrected chi connectivity index (χ1v) is 12.1. The first kappa shape index (κ1) is 21.6. The van der Waals surface area contributed by atoms with Crippen molar-refractivity contribution in [2.45, 2.75) is 25.8 Å². The summed E-state index contributed by atoms with van der Waals surface area (Å²) < 4.78 is 5.42. The number of ether oxygens (including phenoxy) is 1. The summed E-state index contributed by atoms with van der Waals surface area (Å²) in [6, 6.07) is 25.7. The molecule has 0 fully saturated rings. The largest absolute Gasteiger partial charge is 0.460 e. The van der Waals surface area contributed by atoms with Gasteiger partial charge in [0.1, 0.15) is 0 Å². The molecule has 0 N–H and O–H groups in total. The van der Waals surface area contributed by atoms with Gasteiger partial charge < -0.3 is 4.74 Å². The summed E-state index contributed by atoms with van der Waals surface area (Å²) in [4.78, 5) is 20.2. The fraction of sp³-hybridized carbons (Fsp3) is 0.179. The number of benzene rings is 3. The van der Waals surface area contributed by atoms with Gasteiger partial charge in [-0.2, -0.15) is 5.01 Å². The molecule has 0 aromatic heterocycles. The third kappa shape index (κ3) is 3.61. The smallest absolute Gasteiger partial charge is 0.376 e. The predicted octanol–water partition coefficient (Wildman–Crippen LogP) is 5.81. The third-order valence-electron chi connectivity index (χ3n) is 6.49. The summed E-state index contributed by atoms with van der Waals surface area (Å²) in [6.07, 6.45) is 1.76. The summed E-state index contributed by atoms with van der Waals surface area (Å²) in [5.41, 5.74) is 6.30. The molecular weight excluding hydrogens is 460 g/mol. The van der Waals surface area contributed by atoms with E-state index < -0.39 is 5.97 Å². The van der Waals surface area contributed by atoms with Gasteiger partial charge in [-0.05, 0) is 54.7 Å². The van der Waals surface area contributed by atoms with Crippen LogP contribution in [0.1, 0.15) is 36.1 Å². The number of hydrogen-bond donors (Lipinski definition) is 0. The van der Waals surface area contributed by atoms with E-state index in [1.54, 1.807) is 11.9 Å². The number of anilines is 1. The number of amidine groups is 1. The van der Waals surface area contributed by atoms with Crippen LogP contribution in [0.5, 0.6) is 0 Å². The van der Waals surface area contributed by atoms with Crippen molar-refractivity contribution in [1.82, 2.24) is 4.90 Å². The SMILES string of the molecule is CCOC(=O)C1=NN(c2cccc(Cl)c2)C2=NC3=C(CCc4ccccc43)[C@@H](c3ccccc3)N12. The molecule has 0 spiro atoms. The van der Waals surface area contributed by atoms with Crippen LogP contribution in [0.2, 0.25) is 5.02 Å². The number of carbonyl (C=O) groups is 1. The Balaban J connectivity index is 1.59. The number of guanidine groups is 1. The van der Waals surface area contributed by atoms with Crippen LogP contribution in [0.15, 0.2) is 94.5 Å². The quantitative estimate of drug-likeness (QED) is 0.440. The molecule has 6 rings (SSSR count). The number of fused-ring (bicyclic) bond motifs is 3. The number of hydrogen-bond acceptors (Lipinski definition) is 6. The average molecular weight is 483 g/mol. The van der Waals surface area contributed by atoms with Crippen molar-refractivity contribution < 1.29 is 9.53 Å². The molecule has 3 aromatic carbocycles. The average Bonchev–Trinajstić information content (AvgIpc) is 3.27. The second kappa shape index (κ2) is 8.71. The van der Waals surface area contributed by atoms with Crippen LogP contribution >= 0.6 is 11.6 Å². The number of aryl methyl sites for hydroxylation is 1. The highest BCUT2D eigenvalue weighted by atomic mass is 35.5. The van der Waals surface area contributed by atoms with Crippen molar-refractivity contribution in [3.05, 3.63) is 106 Å². The number of carbonyl (C=O) groups excluding carboxylic acids is 1. The molecule has 3 aliphatic rings. The van der Waals surface area contributed by atoms with Gasteiger partial charge in [0, 0.05) is 10.6 Å². The molecule has 0 radical (unpaired) electrons. The highest BCUT2D eigenvalue weighted by Crippen LogP contribution is 2.46. The van der Waals surface area contributed by atoms with E-state index in [0.29, 0.717) is 11.0 Å². The molecule has 35 heavy (non-hydrogen) atoms. The van der Waals surface area contributed by atoms with E-state index in [1.165, 1.54) is 11.1 Å². The molecule has 1 atom stereocenters. The Morgan fingerprint density at radius 2 is 1.83 bits per heavy atom. The predicted molar refractivity (Wildman–Crippen MR) is 138 cm³/mol. The molecule has 0 saturated carbocycles. The van der Waals surface area contributed by atoms with Crippen molar-refractivity contribution in [2.24, 2.45) is 10.1 Å². The first-order valence-electron chi connectivity index (χ1n) is 11.7. The third-order valence-corrected chi connectivity index (χ3v) is 6.73. The van der Waals surface area contributed by atoms with Crippen LogP contribution in [0.25, 0.3) is 5.70 Å². The first-order chi connectivity index (χ1) is 17.2. The lowest BCUT2D eigenvalue weighted by Crippen LogP contribution is -2.46. The van der Waals surface area contributed by atoms with Crippen LogP contribution in [-0.2, 0) is 16.0 Å². The highest BCUT2D eigenvalue weighted by Gasteiger charge is 2.46. The molecule has 3 aromatic rings. The zero-order valence-electron chi connectivity index (χ0n) is 19.2. The van der Waals surface area contributed by atoms with Gasteiger partial charge in [0.15, 0.2) is 0 Å². The molecule has 0 amide bonds. The molecule has 2 heterocycles. The number of halogens is 1. The van der Waals surface area contributed by atoms with E-state index in [9.17, 15) is 4.79 Å². The number of nitrogens with zero attached hydrogens (tertiary/aromatic N) is 4. The van der Waals surface area contributed by atoms with Crippen LogP contribution in [0.3, 0.4) is 0 Å². The minimum absolute atomic E-state index is 0.213. The Morgan fingerprint density at radius 3 is 2.63 bits per heavy atom. The standard InChI is InChI=1S/C28H23ClN4O2/c1-2-35-27(34)26-31-33(21-13-8-12-20(29)17-21)28-30-24-22-14-7-6-9-18(22)15-16-23(24)25(32(26)28)19-10-4-3-5-11-19/h3-14,17,25H,2,15-16H2,1H3/t25-/m1/s1. The number of aliphatic imine (C=N–C) groups is 1. The van der Waals surface area contributed by atoms with Gasteiger partial charge in [0.2, 0.25) is 11.8 Å². The molecule has 0 bridgehead atoms. The van der Waals surface area contributed by atoms with Gasteiger partial charge in [0.05, 0.1) is 24.0 Å². The van der Waals surface area contributed by atoms with Gasteiger partial charge in [-0.3, -0.25) is 4.90 Å². The Bertz CT molecular complexity index is 1410. The van der Waals surface area contributed by atoms with E-state index in [2.05, 4.69) is 30.3 Å². The monoisotopic (exact) mass is 482 g/mol. The van der Waals surface area contributed by atoms with Crippen molar-refractivity contribution in [3.63, 3.8) is 0 Å². The van der Waals surface area contributed by atoms with Gasteiger partial charge in [-0.15, -0.1) is 5.10 Å². The van der Waals surface area contributed by atoms with Crippen molar-refractivity contribution in [1.29, 1.82) is 0 Å². The minimum Gasteiger partial charge on any atom is -0.460 e. The zero-order valence-corrected chi connectivity index (χ0v) is 19.9. The van der Waals surface area contributed by atoms with E-state index in [0.717, 1.165) is 35.4 Å². The van der Waals surface area contributed by atoms with Crippen LogP contribution in [0.4, 0.5) is 5.69 Å². The lowest BCUT2D eigenvalue weighted by molar-refractivity contribution is -0.135. The van der Waals surface area contributed by atoms with Crippen molar-refractivity contribution >= 4 is 40.7 Å². The Labute approximate surface area is 208 Å². The maximum Gasteiger partial charge on any atom is 0.376 e. The number of hydrazone groups is 1. The number of esters is 1. The minimum atomic E-state index is -0.481. The zero-order chi connectivity index (χ0) is 23.9. The summed E-state index contributed by atoms with van der Waals surface area (Å²) in [7, 11) is 0. The molecule has 0 saturated heterocycles. The fourth-order valence-electron chi connectivity index (χ4n) is 5.01. The van der Waals surface area contributed by atoms with E-state index >= 15 is 0 Å². The molecular formula is C28H23ClN4O2. The van der Waals surface area contributed by atoms with Crippen LogP contribution < -0.4 is 5.01 Å².